The van der Waals surface area contributed by atoms with Crippen molar-refractivity contribution in [3.8, 4) is 0 Å². The lowest BCUT2D eigenvalue weighted by Gasteiger charge is -2.22. The number of halogens is 1. The highest BCUT2D eigenvalue weighted by Crippen LogP contribution is 2.25. The monoisotopic (exact) mass is 378 g/mol. The van der Waals surface area contributed by atoms with Gasteiger partial charge in [0.1, 0.15) is 5.82 Å². The molecule has 3 aromatic carbocycles. The summed E-state index contributed by atoms with van der Waals surface area (Å²) in [5.41, 5.74) is 2.30. The minimum atomic E-state index is -1.09. The summed E-state index contributed by atoms with van der Waals surface area (Å²) >= 11 is 0. The van der Waals surface area contributed by atoms with Crippen LogP contribution in [0.25, 0.3) is 0 Å². The first-order chi connectivity index (χ1) is 13.4. The molecule has 0 fully saturated rings. The minimum absolute atomic E-state index is 0.0790. The summed E-state index contributed by atoms with van der Waals surface area (Å²) in [7, 11) is 1.81. The molecule has 3 aromatic rings. The number of carbonyl (C=O) groups excluding carboxylic acids is 1. The number of carboxylic acids is 1. The SMILES string of the molecule is CN(Cc1ccccc1)c1ccc(NC(=O)c2ccc(F)cc2)cc1C(=O)O. The van der Waals surface area contributed by atoms with Gasteiger partial charge in [0, 0.05) is 24.8 Å². The Bertz CT molecular complexity index is 988. The van der Waals surface area contributed by atoms with E-state index in [4.69, 9.17) is 0 Å². The molecular formula is C22H19FN2O3. The van der Waals surface area contributed by atoms with E-state index in [1.807, 2.05) is 42.3 Å². The van der Waals surface area contributed by atoms with Crippen LogP contribution in [0, 0.1) is 5.82 Å². The summed E-state index contributed by atoms with van der Waals surface area (Å²) in [6.07, 6.45) is 0. The zero-order valence-electron chi connectivity index (χ0n) is 15.2. The second-order valence-electron chi connectivity index (χ2n) is 6.34. The van der Waals surface area contributed by atoms with E-state index in [9.17, 15) is 19.1 Å². The lowest BCUT2D eigenvalue weighted by Crippen LogP contribution is -2.20. The van der Waals surface area contributed by atoms with Gasteiger partial charge in [0.25, 0.3) is 5.91 Å². The Morgan fingerprint density at radius 3 is 2.32 bits per heavy atom. The molecule has 6 heteroatoms. The maximum Gasteiger partial charge on any atom is 0.337 e. The lowest BCUT2D eigenvalue weighted by atomic mass is 10.1. The maximum absolute atomic E-state index is 13.0. The lowest BCUT2D eigenvalue weighted by molar-refractivity contribution is 0.0697. The Kier molecular flexibility index (Phi) is 5.69. The molecule has 5 nitrogen and oxygen atoms in total. The van der Waals surface area contributed by atoms with Crippen LogP contribution in [-0.2, 0) is 6.54 Å². The Balaban J connectivity index is 1.81. The molecule has 1 amide bonds. The number of rotatable bonds is 6. The van der Waals surface area contributed by atoms with Crippen molar-refractivity contribution >= 4 is 23.3 Å². The van der Waals surface area contributed by atoms with Gasteiger partial charge < -0.3 is 15.3 Å². The first kappa shape index (κ1) is 19.1. The predicted molar refractivity (Wildman–Crippen MR) is 106 cm³/mol. The molecular weight excluding hydrogens is 359 g/mol. The summed E-state index contributed by atoms with van der Waals surface area (Å²) in [6.45, 7) is 0.544. The summed E-state index contributed by atoms with van der Waals surface area (Å²) in [4.78, 5) is 25.9. The van der Waals surface area contributed by atoms with Crippen molar-refractivity contribution in [2.45, 2.75) is 6.54 Å². The van der Waals surface area contributed by atoms with Crippen LogP contribution in [0.1, 0.15) is 26.3 Å². The second kappa shape index (κ2) is 8.35. The summed E-state index contributed by atoms with van der Waals surface area (Å²) < 4.78 is 13.0. The van der Waals surface area contributed by atoms with Crippen LogP contribution in [-0.4, -0.2) is 24.0 Å². The molecule has 0 radical (unpaired) electrons. The number of amides is 1. The topological polar surface area (TPSA) is 69.6 Å². The van der Waals surface area contributed by atoms with Gasteiger partial charge in [-0.05, 0) is 48.0 Å². The molecule has 2 N–H and O–H groups in total. The van der Waals surface area contributed by atoms with Crippen molar-refractivity contribution in [3.05, 3.63) is 95.3 Å². The molecule has 142 valence electrons. The van der Waals surface area contributed by atoms with Crippen molar-refractivity contribution in [2.75, 3.05) is 17.3 Å². The van der Waals surface area contributed by atoms with E-state index in [0.717, 1.165) is 5.56 Å². The van der Waals surface area contributed by atoms with E-state index in [2.05, 4.69) is 5.32 Å². The summed E-state index contributed by atoms with van der Waals surface area (Å²) in [6, 6.07) is 19.5. The van der Waals surface area contributed by atoms with E-state index in [-0.39, 0.29) is 11.1 Å². The van der Waals surface area contributed by atoms with E-state index in [0.29, 0.717) is 17.9 Å². The van der Waals surface area contributed by atoms with E-state index in [1.54, 1.807) is 12.1 Å². The molecule has 28 heavy (non-hydrogen) atoms. The molecule has 0 aromatic heterocycles. The molecule has 0 spiro atoms. The van der Waals surface area contributed by atoms with Crippen molar-refractivity contribution in [1.29, 1.82) is 0 Å². The summed E-state index contributed by atoms with van der Waals surface area (Å²) in [5, 5.41) is 12.3. The number of anilines is 2. The third-order valence-electron chi connectivity index (χ3n) is 4.27. The predicted octanol–water partition coefficient (Wildman–Crippen LogP) is 4.41. The van der Waals surface area contributed by atoms with Crippen molar-refractivity contribution in [2.24, 2.45) is 0 Å². The van der Waals surface area contributed by atoms with Crippen LogP contribution < -0.4 is 10.2 Å². The molecule has 0 bridgehead atoms. The number of carbonyl (C=O) groups is 2. The van der Waals surface area contributed by atoms with Crippen molar-refractivity contribution in [1.82, 2.24) is 0 Å². The molecule has 0 unspecified atom stereocenters. The number of aromatic carboxylic acids is 1. The van der Waals surface area contributed by atoms with E-state index in [1.165, 1.54) is 30.3 Å². The largest absolute Gasteiger partial charge is 0.478 e. The van der Waals surface area contributed by atoms with Gasteiger partial charge in [-0.3, -0.25) is 4.79 Å². The molecule has 0 aliphatic carbocycles. The number of nitrogens with zero attached hydrogens (tertiary/aromatic N) is 1. The Hall–Kier alpha value is -3.67. The zero-order chi connectivity index (χ0) is 20.1. The van der Waals surface area contributed by atoms with Gasteiger partial charge in [-0.15, -0.1) is 0 Å². The molecule has 0 atom stereocenters. The van der Waals surface area contributed by atoms with Gasteiger partial charge in [-0.25, -0.2) is 9.18 Å². The Labute approximate surface area is 162 Å². The van der Waals surface area contributed by atoms with Gasteiger partial charge >= 0.3 is 5.97 Å². The second-order valence-corrected chi connectivity index (χ2v) is 6.34. The average Bonchev–Trinajstić information content (AvgIpc) is 2.69. The first-order valence-corrected chi connectivity index (χ1v) is 8.63. The average molecular weight is 378 g/mol. The zero-order valence-corrected chi connectivity index (χ0v) is 15.2. The number of hydrogen-bond donors (Lipinski definition) is 2. The Morgan fingerprint density at radius 2 is 1.68 bits per heavy atom. The minimum Gasteiger partial charge on any atom is -0.478 e. The van der Waals surface area contributed by atoms with Gasteiger partial charge in [-0.2, -0.15) is 0 Å². The summed E-state index contributed by atoms with van der Waals surface area (Å²) in [5.74, 6) is -1.97. The number of benzene rings is 3. The van der Waals surface area contributed by atoms with Crippen LogP contribution in [0.3, 0.4) is 0 Å². The molecule has 0 heterocycles. The fraction of sp³-hybridized carbons (Fsp3) is 0.0909. The standard InChI is InChI=1S/C22H19FN2O3/c1-25(14-15-5-3-2-4-6-15)20-12-11-18(13-19(20)22(27)28)24-21(26)16-7-9-17(23)10-8-16/h2-13H,14H2,1H3,(H,24,26)(H,27,28). The first-order valence-electron chi connectivity index (χ1n) is 8.63. The van der Waals surface area contributed by atoms with Crippen molar-refractivity contribution < 1.29 is 19.1 Å². The highest BCUT2D eigenvalue weighted by molar-refractivity contribution is 6.05. The highest BCUT2D eigenvalue weighted by atomic mass is 19.1. The fourth-order valence-corrected chi connectivity index (χ4v) is 2.86. The van der Waals surface area contributed by atoms with Gasteiger partial charge in [0.2, 0.25) is 0 Å². The van der Waals surface area contributed by atoms with Gasteiger partial charge in [-0.1, -0.05) is 30.3 Å². The highest BCUT2D eigenvalue weighted by Gasteiger charge is 2.16. The normalized spacial score (nSPS) is 10.4. The van der Waals surface area contributed by atoms with Gasteiger partial charge in [0.05, 0.1) is 11.3 Å². The smallest absolute Gasteiger partial charge is 0.337 e. The van der Waals surface area contributed by atoms with Crippen LogP contribution in [0.15, 0.2) is 72.8 Å². The fourth-order valence-electron chi connectivity index (χ4n) is 2.86. The number of carboxylic acid groups (broad SMARTS) is 1. The molecule has 0 saturated heterocycles. The number of nitrogens with one attached hydrogen (secondary N) is 1. The molecule has 3 rings (SSSR count). The maximum atomic E-state index is 13.0. The van der Waals surface area contributed by atoms with Gasteiger partial charge in [0.15, 0.2) is 0 Å². The molecule has 0 aliphatic rings. The van der Waals surface area contributed by atoms with E-state index < -0.39 is 17.7 Å². The third-order valence-corrected chi connectivity index (χ3v) is 4.27. The van der Waals surface area contributed by atoms with Crippen LogP contribution in [0.2, 0.25) is 0 Å². The Morgan fingerprint density at radius 1 is 1.00 bits per heavy atom. The quantitative estimate of drug-likeness (QED) is 0.667. The van der Waals surface area contributed by atoms with Crippen LogP contribution in [0.5, 0.6) is 0 Å². The van der Waals surface area contributed by atoms with Crippen LogP contribution >= 0.6 is 0 Å². The van der Waals surface area contributed by atoms with E-state index >= 15 is 0 Å². The van der Waals surface area contributed by atoms with Crippen molar-refractivity contribution in [3.63, 3.8) is 0 Å². The molecule has 0 saturated carbocycles. The third kappa shape index (κ3) is 4.54. The molecule has 0 aliphatic heterocycles. The van der Waals surface area contributed by atoms with Crippen LogP contribution in [0.4, 0.5) is 15.8 Å². The number of hydrogen-bond acceptors (Lipinski definition) is 3.